The summed E-state index contributed by atoms with van der Waals surface area (Å²) < 4.78 is 10.2. The summed E-state index contributed by atoms with van der Waals surface area (Å²) in [7, 11) is 3.27. The van der Waals surface area contributed by atoms with Crippen LogP contribution in [0.1, 0.15) is 11.1 Å². The van der Waals surface area contributed by atoms with Crippen LogP contribution in [0.5, 0.6) is 11.5 Å². The number of rotatable bonds is 2. The summed E-state index contributed by atoms with van der Waals surface area (Å²) in [5, 5.41) is 0. The third-order valence-electron chi connectivity index (χ3n) is 2.48. The van der Waals surface area contributed by atoms with Gasteiger partial charge in [-0.1, -0.05) is 42.0 Å². The first-order valence-electron chi connectivity index (χ1n) is 5.87. The zero-order valence-corrected chi connectivity index (χ0v) is 11.4. The normalized spacial score (nSPS) is 9.11. The van der Waals surface area contributed by atoms with E-state index >= 15 is 0 Å². The monoisotopic (exact) mass is 244 g/mol. The van der Waals surface area contributed by atoms with Crippen LogP contribution >= 0.6 is 0 Å². The van der Waals surface area contributed by atoms with E-state index < -0.39 is 0 Å². The van der Waals surface area contributed by atoms with E-state index in [0.717, 1.165) is 11.5 Å². The number of ether oxygens (including phenoxy) is 2. The van der Waals surface area contributed by atoms with Crippen LogP contribution in [0.4, 0.5) is 0 Å². The summed E-state index contributed by atoms with van der Waals surface area (Å²) in [4.78, 5) is 0. The highest BCUT2D eigenvalue weighted by molar-refractivity contribution is 5.42. The van der Waals surface area contributed by atoms with E-state index in [-0.39, 0.29) is 0 Å². The zero-order chi connectivity index (χ0) is 13.4. The summed E-state index contributed by atoms with van der Waals surface area (Å²) in [5.41, 5.74) is 2.49. The standard InChI is InChI=1S/C9H12O2.C7H8/c1-7-4-5-8(10-2)9(6-7)11-3;1-7-5-3-2-4-6-7/h4-6H,1-3H3;2-6H,1H3. The van der Waals surface area contributed by atoms with Gasteiger partial charge in [0.1, 0.15) is 0 Å². The first-order chi connectivity index (χ1) is 8.67. The van der Waals surface area contributed by atoms with Crippen molar-refractivity contribution in [1.82, 2.24) is 0 Å². The topological polar surface area (TPSA) is 18.5 Å². The Bertz CT molecular complexity index is 464. The molecule has 2 nitrogen and oxygen atoms in total. The maximum atomic E-state index is 5.09. The molecule has 0 fully saturated rings. The third kappa shape index (κ3) is 4.50. The first-order valence-corrected chi connectivity index (χ1v) is 5.87. The van der Waals surface area contributed by atoms with Crippen molar-refractivity contribution in [3.8, 4) is 11.5 Å². The lowest BCUT2D eigenvalue weighted by atomic mass is 10.2. The zero-order valence-electron chi connectivity index (χ0n) is 11.4. The molecule has 2 aromatic rings. The molecule has 18 heavy (non-hydrogen) atoms. The fourth-order valence-corrected chi connectivity index (χ4v) is 1.48. The van der Waals surface area contributed by atoms with Crippen LogP contribution in [-0.4, -0.2) is 14.2 Å². The predicted octanol–water partition coefficient (Wildman–Crippen LogP) is 4.01. The van der Waals surface area contributed by atoms with Gasteiger partial charge in [-0.3, -0.25) is 0 Å². The van der Waals surface area contributed by atoms with Gasteiger partial charge in [0.05, 0.1) is 14.2 Å². The van der Waals surface area contributed by atoms with E-state index in [1.807, 2.05) is 43.3 Å². The molecule has 0 saturated heterocycles. The Morgan fingerprint density at radius 3 is 1.72 bits per heavy atom. The van der Waals surface area contributed by atoms with Crippen molar-refractivity contribution in [2.45, 2.75) is 13.8 Å². The van der Waals surface area contributed by atoms with Crippen molar-refractivity contribution < 1.29 is 9.47 Å². The Morgan fingerprint density at radius 2 is 1.28 bits per heavy atom. The van der Waals surface area contributed by atoms with Crippen LogP contribution in [0.25, 0.3) is 0 Å². The average Bonchev–Trinajstić information content (AvgIpc) is 2.40. The van der Waals surface area contributed by atoms with Crippen molar-refractivity contribution in [3.63, 3.8) is 0 Å². The average molecular weight is 244 g/mol. The molecule has 0 aliphatic heterocycles. The number of benzene rings is 2. The Morgan fingerprint density at radius 1 is 0.667 bits per heavy atom. The fourth-order valence-electron chi connectivity index (χ4n) is 1.48. The summed E-state index contributed by atoms with van der Waals surface area (Å²) >= 11 is 0. The van der Waals surface area contributed by atoms with Crippen molar-refractivity contribution in [2.24, 2.45) is 0 Å². The molecule has 0 aliphatic carbocycles. The molecule has 2 aromatic carbocycles. The van der Waals surface area contributed by atoms with Crippen molar-refractivity contribution in [3.05, 3.63) is 59.7 Å². The Kier molecular flexibility index (Phi) is 5.78. The highest BCUT2D eigenvalue weighted by Gasteiger charge is 2.00. The predicted molar refractivity (Wildman–Crippen MR) is 75.5 cm³/mol. The summed E-state index contributed by atoms with van der Waals surface area (Å²) in [6.07, 6.45) is 0. The van der Waals surface area contributed by atoms with E-state index in [2.05, 4.69) is 19.1 Å². The SMILES string of the molecule is COc1ccc(C)cc1OC.Cc1ccccc1. The van der Waals surface area contributed by atoms with Gasteiger partial charge in [0.15, 0.2) is 11.5 Å². The van der Waals surface area contributed by atoms with E-state index in [9.17, 15) is 0 Å². The van der Waals surface area contributed by atoms with Crippen LogP contribution in [-0.2, 0) is 0 Å². The molecule has 0 spiro atoms. The number of aryl methyl sites for hydroxylation is 2. The molecule has 0 bridgehead atoms. The fraction of sp³-hybridized carbons (Fsp3) is 0.250. The molecular formula is C16H20O2. The second kappa shape index (κ2) is 7.38. The van der Waals surface area contributed by atoms with Gasteiger partial charge >= 0.3 is 0 Å². The number of methoxy groups -OCH3 is 2. The maximum Gasteiger partial charge on any atom is 0.160 e. The maximum absolute atomic E-state index is 5.09. The van der Waals surface area contributed by atoms with E-state index in [1.54, 1.807) is 14.2 Å². The van der Waals surface area contributed by atoms with Crippen LogP contribution < -0.4 is 9.47 Å². The minimum Gasteiger partial charge on any atom is -0.493 e. The minimum atomic E-state index is 0.776. The molecule has 0 N–H and O–H groups in total. The van der Waals surface area contributed by atoms with Gasteiger partial charge in [-0.25, -0.2) is 0 Å². The largest absolute Gasteiger partial charge is 0.493 e. The quantitative estimate of drug-likeness (QED) is 0.794. The van der Waals surface area contributed by atoms with Crippen molar-refractivity contribution in [2.75, 3.05) is 14.2 Å². The molecule has 2 heteroatoms. The van der Waals surface area contributed by atoms with Crippen LogP contribution in [0, 0.1) is 13.8 Å². The molecule has 0 radical (unpaired) electrons. The highest BCUT2D eigenvalue weighted by Crippen LogP contribution is 2.26. The first kappa shape index (κ1) is 14.1. The molecule has 0 aliphatic rings. The lowest BCUT2D eigenvalue weighted by Gasteiger charge is -2.06. The van der Waals surface area contributed by atoms with Gasteiger partial charge < -0.3 is 9.47 Å². The van der Waals surface area contributed by atoms with E-state index in [1.165, 1.54) is 11.1 Å². The van der Waals surface area contributed by atoms with Gasteiger partial charge in [0.2, 0.25) is 0 Å². The Hall–Kier alpha value is -1.96. The number of hydrogen-bond donors (Lipinski definition) is 0. The van der Waals surface area contributed by atoms with E-state index in [0.29, 0.717) is 0 Å². The highest BCUT2D eigenvalue weighted by atomic mass is 16.5. The molecule has 0 aromatic heterocycles. The Balaban J connectivity index is 0.000000199. The molecule has 0 heterocycles. The Labute approximate surface area is 109 Å². The number of hydrogen-bond acceptors (Lipinski definition) is 2. The van der Waals surface area contributed by atoms with Gasteiger partial charge in [-0.05, 0) is 31.5 Å². The van der Waals surface area contributed by atoms with E-state index in [4.69, 9.17) is 9.47 Å². The van der Waals surface area contributed by atoms with Gasteiger partial charge in [0, 0.05) is 0 Å². The molecule has 0 atom stereocenters. The van der Waals surface area contributed by atoms with Gasteiger partial charge in [-0.2, -0.15) is 0 Å². The summed E-state index contributed by atoms with van der Waals surface area (Å²) in [6, 6.07) is 16.1. The van der Waals surface area contributed by atoms with Gasteiger partial charge in [-0.15, -0.1) is 0 Å². The van der Waals surface area contributed by atoms with Crippen LogP contribution in [0.15, 0.2) is 48.5 Å². The smallest absolute Gasteiger partial charge is 0.160 e. The second-order valence-electron chi connectivity index (χ2n) is 4.01. The molecule has 0 amide bonds. The summed E-state index contributed by atoms with van der Waals surface area (Å²) in [5.74, 6) is 1.56. The van der Waals surface area contributed by atoms with Crippen LogP contribution in [0.3, 0.4) is 0 Å². The van der Waals surface area contributed by atoms with Crippen molar-refractivity contribution in [1.29, 1.82) is 0 Å². The van der Waals surface area contributed by atoms with Crippen LogP contribution in [0.2, 0.25) is 0 Å². The summed E-state index contributed by atoms with van der Waals surface area (Å²) in [6.45, 7) is 4.10. The molecular weight excluding hydrogens is 224 g/mol. The molecule has 0 saturated carbocycles. The van der Waals surface area contributed by atoms with Gasteiger partial charge in [0.25, 0.3) is 0 Å². The molecule has 0 unspecified atom stereocenters. The third-order valence-corrected chi connectivity index (χ3v) is 2.48. The lowest BCUT2D eigenvalue weighted by molar-refractivity contribution is 0.354. The molecule has 96 valence electrons. The molecule has 2 rings (SSSR count). The lowest BCUT2D eigenvalue weighted by Crippen LogP contribution is -1.90. The second-order valence-corrected chi connectivity index (χ2v) is 4.01. The minimum absolute atomic E-state index is 0.776. The van der Waals surface area contributed by atoms with Crippen molar-refractivity contribution >= 4 is 0 Å².